The summed E-state index contributed by atoms with van der Waals surface area (Å²) < 4.78 is 0. The van der Waals surface area contributed by atoms with Crippen molar-refractivity contribution in [3.05, 3.63) is 0 Å². The van der Waals surface area contributed by atoms with Crippen molar-refractivity contribution in [1.82, 2.24) is 5.32 Å². The van der Waals surface area contributed by atoms with Crippen LogP contribution in [0.2, 0.25) is 0 Å². The number of hydrogen-bond donors (Lipinski definition) is 4. The zero-order valence-corrected chi connectivity index (χ0v) is 4.67. The lowest BCUT2D eigenvalue weighted by molar-refractivity contribution is -0.0368. The van der Waals surface area contributed by atoms with Crippen molar-refractivity contribution in [2.24, 2.45) is 5.73 Å². The number of rotatable bonds is 4. The molecule has 0 fully saturated rings. The highest BCUT2D eigenvalue weighted by molar-refractivity contribution is 4.46. The van der Waals surface area contributed by atoms with Crippen molar-refractivity contribution in [2.45, 2.75) is 6.29 Å². The summed E-state index contributed by atoms with van der Waals surface area (Å²) in [5.41, 5.74) is 5.09. The summed E-state index contributed by atoms with van der Waals surface area (Å²) in [5, 5.41) is 19.2. The van der Waals surface area contributed by atoms with Crippen molar-refractivity contribution < 1.29 is 10.2 Å². The minimum absolute atomic E-state index is 0.192. The molecule has 0 atom stereocenters. The Balaban J connectivity index is 2.72. The zero-order valence-electron chi connectivity index (χ0n) is 4.67. The number of aliphatic hydroxyl groups is 2. The van der Waals surface area contributed by atoms with Crippen LogP contribution in [0.1, 0.15) is 0 Å². The lowest BCUT2D eigenvalue weighted by Gasteiger charge is -2.02. The predicted octanol–water partition coefficient (Wildman–Crippen LogP) is -2.15. The van der Waals surface area contributed by atoms with E-state index >= 15 is 0 Å². The molecule has 0 unspecified atom stereocenters. The second-order valence-corrected chi connectivity index (χ2v) is 1.47. The van der Waals surface area contributed by atoms with Gasteiger partial charge in [0.2, 0.25) is 0 Å². The van der Waals surface area contributed by atoms with E-state index in [1.54, 1.807) is 0 Å². The Kier molecular flexibility index (Phi) is 4.89. The minimum Gasteiger partial charge on any atom is -0.367 e. The van der Waals surface area contributed by atoms with Crippen LogP contribution in [0.3, 0.4) is 0 Å². The van der Waals surface area contributed by atoms with Crippen LogP contribution in [0, 0.1) is 0 Å². The smallest absolute Gasteiger partial charge is 0.164 e. The quantitative estimate of drug-likeness (QED) is 0.252. The molecule has 50 valence electrons. The van der Waals surface area contributed by atoms with Gasteiger partial charge in [0, 0.05) is 19.6 Å². The van der Waals surface area contributed by atoms with E-state index in [9.17, 15) is 0 Å². The van der Waals surface area contributed by atoms with Gasteiger partial charge in [0.05, 0.1) is 0 Å². The standard InChI is InChI=1S/C4H12N2O2/c5-1-2-6-3-4(7)8/h4,6-8H,1-3,5H2. The Morgan fingerprint density at radius 3 is 2.50 bits per heavy atom. The average molecular weight is 120 g/mol. The summed E-state index contributed by atoms with van der Waals surface area (Å²) in [5.74, 6) is 0. The van der Waals surface area contributed by atoms with Crippen LogP contribution < -0.4 is 11.1 Å². The minimum atomic E-state index is -1.26. The predicted molar refractivity (Wildman–Crippen MR) is 30.1 cm³/mol. The van der Waals surface area contributed by atoms with Gasteiger partial charge in [0.15, 0.2) is 6.29 Å². The highest BCUT2D eigenvalue weighted by Crippen LogP contribution is 1.66. The maximum absolute atomic E-state index is 8.23. The number of hydrogen-bond acceptors (Lipinski definition) is 4. The van der Waals surface area contributed by atoms with E-state index in [0.717, 1.165) is 0 Å². The van der Waals surface area contributed by atoms with E-state index in [1.165, 1.54) is 0 Å². The van der Waals surface area contributed by atoms with Crippen molar-refractivity contribution in [3.8, 4) is 0 Å². The maximum Gasteiger partial charge on any atom is 0.164 e. The zero-order chi connectivity index (χ0) is 6.41. The van der Waals surface area contributed by atoms with E-state index < -0.39 is 6.29 Å². The largest absolute Gasteiger partial charge is 0.367 e. The van der Waals surface area contributed by atoms with E-state index in [1.807, 2.05) is 0 Å². The molecule has 5 N–H and O–H groups in total. The van der Waals surface area contributed by atoms with Crippen LogP contribution >= 0.6 is 0 Å². The first kappa shape index (κ1) is 7.84. The first-order valence-corrected chi connectivity index (χ1v) is 2.54. The van der Waals surface area contributed by atoms with Crippen molar-refractivity contribution in [1.29, 1.82) is 0 Å². The normalized spacial score (nSPS) is 10.5. The Labute approximate surface area is 48.3 Å². The Hall–Kier alpha value is -0.160. The van der Waals surface area contributed by atoms with Crippen molar-refractivity contribution in [3.63, 3.8) is 0 Å². The summed E-state index contributed by atoms with van der Waals surface area (Å²) in [6.45, 7) is 1.33. The van der Waals surface area contributed by atoms with Gasteiger partial charge >= 0.3 is 0 Å². The van der Waals surface area contributed by atoms with Crippen LogP contribution in [0.25, 0.3) is 0 Å². The van der Waals surface area contributed by atoms with Gasteiger partial charge in [-0.3, -0.25) is 0 Å². The second-order valence-electron chi connectivity index (χ2n) is 1.47. The monoisotopic (exact) mass is 120 g/mol. The molecule has 0 aromatic carbocycles. The average Bonchev–Trinajstić information content (AvgIpc) is 1.66. The van der Waals surface area contributed by atoms with Gasteiger partial charge in [0.25, 0.3) is 0 Å². The highest BCUT2D eigenvalue weighted by Gasteiger charge is 1.91. The fourth-order valence-electron chi connectivity index (χ4n) is 0.333. The maximum atomic E-state index is 8.23. The molecule has 0 radical (unpaired) electrons. The van der Waals surface area contributed by atoms with Crippen LogP contribution in [-0.2, 0) is 0 Å². The summed E-state index contributed by atoms with van der Waals surface area (Å²) in [7, 11) is 0. The van der Waals surface area contributed by atoms with Gasteiger partial charge in [-0.05, 0) is 0 Å². The molecule has 0 bridgehead atoms. The Morgan fingerprint density at radius 2 is 2.12 bits per heavy atom. The molecule has 0 heterocycles. The molecular formula is C4H12N2O2. The van der Waals surface area contributed by atoms with Gasteiger partial charge < -0.3 is 21.3 Å². The molecule has 0 rings (SSSR count). The highest BCUT2D eigenvalue weighted by atomic mass is 16.5. The van der Waals surface area contributed by atoms with Crippen LogP contribution in [0.4, 0.5) is 0 Å². The molecule has 0 amide bonds. The van der Waals surface area contributed by atoms with E-state index in [-0.39, 0.29) is 6.54 Å². The number of aliphatic hydroxyl groups excluding tert-OH is 1. The lowest BCUT2D eigenvalue weighted by atomic mass is 10.5. The van der Waals surface area contributed by atoms with Crippen LogP contribution in [0.5, 0.6) is 0 Å². The summed E-state index contributed by atoms with van der Waals surface area (Å²) in [6, 6.07) is 0. The fourth-order valence-corrected chi connectivity index (χ4v) is 0.333. The third-order valence-corrected chi connectivity index (χ3v) is 0.648. The van der Waals surface area contributed by atoms with Crippen molar-refractivity contribution in [2.75, 3.05) is 19.6 Å². The van der Waals surface area contributed by atoms with E-state index in [4.69, 9.17) is 15.9 Å². The van der Waals surface area contributed by atoms with E-state index in [2.05, 4.69) is 5.32 Å². The van der Waals surface area contributed by atoms with Gasteiger partial charge in [-0.25, -0.2) is 0 Å². The molecule has 4 nitrogen and oxygen atoms in total. The molecule has 0 saturated carbocycles. The Bertz CT molecular complexity index is 49.3. The fraction of sp³-hybridized carbons (Fsp3) is 1.00. The first-order chi connectivity index (χ1) is 3.77. The molecule has 0 aliphatic rings. The molecule has 8 heavy (non-hydrogen) atoms. The molecule has 0 aromatic heterocycles. The van der Waals surface area contributed by atoms with Crippen molar-refractivity contribution >= 4 is 0 Å². The molecule has 0 aromatic rings. The molecule has 4 heteroatoms. The topological polar surface area (TPSA) is 78.5 Å². The molecule has 0 saturated heterocycles. The number of nitrogens with two attached hydrogens (primary N) is 1. The Morgan fingerprint density at radius 1 is 1.50 bits per heavy atom. The van der Waals surface area contributed by atoms with E-state index in [0.29, 0.717) is 13.1 Å². The molecule has 0 spiro atoms. The summed E-state index contributed by atoms with van der Waals surface area (Å²) in [4.78, 5) is 0. The van der Waals surface area contributed by atoms with Gasteiger partial charge in [-0.2, -0.15) is 0 Å². The van der Waals surface area contributed by atoms with Crippen LogP contribution in [-0.4, -0.2) is 36.1 Å². The molecule has 0 aliphatic heterocycles. The number of nitrogens with one attached hydrogen (secondary N) is 1. The second kappa shape index (κ2) is 4.99. The van der Waals surface area contributed by atoms with Gasteiger partial charge in [-0.1, -0.05) is 0 Å². The third-order valence-electron chi connectivity index (χ3n) is 0.648. The summed E-state index contributed by atoms with van der Waals surface area (Å²) >= 11 is 0. The SMILES string of the molecule is NCCNCC(O)O. The van der Waals surface area contributed by atoms with Gasteiger partial charge in [-0.15, -0.1) is 0 Å². The van der Waals surface area contributed by atoms with Gasteiger partial charge in [0.1, 0.15) is 0 Å². The first-order valence-electron chi connectivity index (χ1n) is 2.54. The van der Waals surface area contributed by atoms with Crippen LogP contribution in [0.15, 0.2) is 0 Å². The third kappa shape index (κ3) is 5.84. The lowest BCUT2D eigenvalue weighted by Crippen LogP contribution is -2.30. The summed E-state index contributed by atoms with van der Waals surface area (Å²) in [6.07, 6.45) is -1.26. The molecular weight excluding hydrogens is 108 g/mol. The molecule has 0 aliphatic carbocycles.